The van der Waals surface area contributed by atoms with Gasteiger partial charge in [-0.3, -0.25) is 9.59 Å². The van der Waals surface area contributed by atoms with Crippen molar-refractivity contribution >= 4 is 11.7 Å². The Hall–Kier alpha value is -1.51. The van der Waals surface area contributed by atoms with Crippen LogP contribution in [0.25, 0.3) is 0 Å². The second-order valence-electron chi connectivity index (χ2n) is 12.4. The molecule has 7 nitrogen and oxygen atoms in total. The van der Waals surface area contributed by atoms with Gasteiger partial charge in [0.1, 0.15) is 6.17 Å². The third kappa shape index (κ3) is 4.21. The topological polar surface area (TPSA) is 65.1 Å². The fourth-order valence-electron chi connectivity index (χ4n) is 8.59. The standard InChI is InChI=1S/C28H43FN4O3/c1-31(2)25-21(29)15-19-24-27(25)36-22-10-9-17-7-3-4-8-18(17)23(22)33(24)16-20(26(19)34)28(35)30-11-14-32-12-5-6-13-32/h16-19,21-25,27H,3-15H2,1-2H3,(H,30,35). The number of likely N-dealkylation sites (tertiary alicyclic amines) is 1. The van der Waals surface area contributed by atoms with Crippen LogP contribution in [0.4, 0.5) is 4.39 Å². The first kappa shape index (κ1) is 24.8. The highest BCUT2D eigenvalue weighted by Gasteiger charge is 2.60. The van der Waals surface area contributed by atoms with E-state index >= 15 is 4.39 Å². The number of alkyl halides is 1. The number of hydrogen-bond acceptors (Lipinski definition) is 6. The number of carbonyl (C=O) groups excluding carboxylic acids is 2. The van der Waals surface area contributed by atoms with Gasteiger partial charge in [0, 0.05) is 25.2 Å². The molecule has 1 N–H and O–H groups in total. The van der Waals surface area contributed by atoms with Gasteiger partial charge in [0.15, 0.2) is 5.78 Å². The van der Waals surface area contributed by atoms with Gasteiger partial charge in [0.2, 0.25) is 0 Å². The quantitative estimate of drug-likeness (QED) is 0.583. The van der Waals surface area contributed by atoms with E-state index in [9.17, 15) is 9.59 Å². The zero-order valence-corrected chi connectivity index (χ0v) is 21.9. The van der Waals surface area contributed by atoms with Crippen LogP contribution in [0.5, 0.6) is 0 Å². The number of ether oxygens (including phenoxy) is 1. The summed E-state index contributed by atoms with van der Waals surface area (Å²) in [7, 11) is 3.82. The number of nitrogens with one attached hydrogen (secondary N) is 1. The Morgan fingerprint density at radius 1 is 1.11 bits per heavy atom. The molecule has 3 saturated carbocycles. The summed E-state index contributed by atoms with van der Waals surface area (Å²) >= 11 is 0. The lowest BCUT2D eigenvalue weighted by molar-refractivity contribution is -0.224. The van der Waals surface area contributed by atoms with Crippen molar-refractivity contribution in [1.82, 2.24) is 20.0 Å². The van der Waals surface area contributed by atoms with E-state index in [0.29, 0.717) is 18.4 Å². The van der Waals surface area contributed by atoms with Crippen molar-refractivity contribution in [3.63, 3.8) is 0 Å². The second kappa shape index (κ2) is 9.99. The smallest absolute Gasteiger partial charge is 0.256 e. The largest absolute Gasteiger partial charge is 0.369 e. The minimum absolute atomic E-state index is 0.0305. The van der Waals surface area contributed by atoms with E-state index < -0.39 is 12.1 Å². The molecule has 36 heavy (non-hydrogen) atoms. The van der Waals surface area contributed by atoms with Crippen LogP contribution in [-0.4, -0.2) is 103 Å². The van der Waals surface area contributed by atoms with Crippen LogP contribution in [-0.2, 0) is 14.3 Å². The van der Waals surface area contributed by atoms with E-state index in [2.05, 4.69) is 15.1 Å². The van der Waals surface area contributed by atoms with Crippen molar-refractivity contribution in [2.45, 2.75) is 94.3 Å². The van der Waals surface area contributed by atoms with E-state index in [-0.39, 0.29) is 54.0 Å². The molecule has 0 bridgehead atoms. The van der Waals surface area contributed by atoms with E-state index in [1.165, 1.54) is 44.9 Å². The van der Waals surface area contributed by atoms with Gasteiger partial charge < -0.3 is 24.8 Å². The summed E-state index contributed by atoms with van der Waals surface area (Å²) in [5.41, 5.74) is 0.227. The Morgan fingerprint density at radius 3 is 2.67 bits per heavy atom. The molecule has 0 spiro atoms. The van der Waals surface area contributed by atoms with Crippen LogP contribution in [0, 0.1) is 17.8 Å². The number of ketones is 1. The van der Waals surface area contributed by atoms with Crippen molar-refractivity contribution in [2.75, 3.05) is 40.3 Å². The molecule has 6 rings (SSSR count). The fourth-order valence-corrected chi connectivity index (χ4v) is 8.59. The third-order valence-electron chi connectivity index (χ3n) is 10.2. The summed E-state index contributed by atoms with van der Waals surface area (Å²) in [4.78, 5) is 33.7. The molecule has 0 aromatic heterocycles. The number of hydrogen-bond donors (Lipinski definition) is 1. The highest BCUT2D eigenvalue weighted by atomic mass is 19.1. The fraction of sp³-hybridized carbons (Fsp3) is 0.857. The van der Waals surface area contributed by atoms with Crippen LogP contribution in [0.1, 0.15) is 57.8 Å². The number of likely N-dealkylation sites (N-methyl/N-ethyl adjacent to an activating group) is 1. The molecule has 5 fully saturated rings. The molecule has 0 aromatic rings. The van der Waals surface area contributed by atoms with Crippen molar-refractivity contribution in [2.24, 2.45) is 17.8 Å². The third-order valence-corrected chi connectivity index (χ3v) is 10.2. The van der Waals surface area contributed by atoms with E-state index in [1.54, 1.807) is 0 Å². The summed E-state index contributed by atoms with van der Waals surface area (Å²) in [6.07, 6.45) is 10.1. The minimum atomic E-state index is -1.16. The first-order chi connectivity index (χ1) is 17.4. The van der Waals surface area contributed by atoms with Crippen molar-refractivity contribution in [3.05, 3.63) is 11.8 Å². The zero-order chi connectivity index (χ0) is 25.0. The first-order valence-electron chi connectivity index (χ1n) is 14.4. The molecule has 200 valence electrons. The van der Waals surface area contributed by atoms with Gasteiger partial charge in [-0.1, -0.05) is 19.3 Å². The Balaban J connectivity index is 1.31. The van der Waals surface area contributed by atoms with Crippen LogP contribution < -0.4 is 5.32 Å². The van der Waals surface area contributed by atoms with E-state index in [4.69, 9.17) is 4.74 Å². The molecule has 8 heteroatoms. The van der Waals surface area contributed by atoms with Crippen LogP contribution in [0.3, 0.4) is 0 Å². The molecule has 3 heterocycles. The Morgan fingerprint density at radius 2 is 1.89 bits per heavy atom. The van der Waals surface area contributed by atoms with Crippen molar-refractivity contribution in [1.29, 1.82) is 0 Å². The van der Waals surface area contributed by atoms with Crippen molar-refractivity contribution < 1.29 is 18.7 Å². The maximum absolute atomic E-state index is 15.6. The number of rotatable bonds is 5. The summed E-state index contributed by atoms with van der Waals surface area (Å²) in [6.45, 7) is 3.50. The molecular formula is C28H43FN4O3. The lowest BCUT2D eigenvalue weighted by atomic mass is 9.63. The predicted octanol–water partition coefficient (Wildman–Crippen LogP) is 2.36. The number of halogens is 1. The first-order valence-corrected chi connectivity index (χ1v) is 14.4. The monoisotopic (exact) mass is 502 g/mol. The van der Waals surface area contributed by atoms with Gasteiger partial charge in [-0.15, -0.1) is 0 Å². The summed E-state index contributed by atoms with van der Waals surface area (Å²) in [5.74, 6) is 0.181. The molecular weight excluding hydrogens is 459 g/mol. The van der Waals surface area contributed by atoms with E-state index in [1.807, 2.05) is 25.2 Å². The molecule has 9 unspecified atom stereocenters. The number of carbonyl (C=O) groups is 2. The summed E-state index contributed by atoms with van der Waals surface area (Å²) in [6, 6.07) is -0.400. The minimum Gasteiger partial charge on any atom is -0.369 e. The summed E-state index contributed by atoms with van der Waals surface area (Å²) in [5, 5.41) is 3.02. The Bertz CT molecular complexity index is 890. The normalized spacial score (nSPS) is 42.4. The van der Waals surface area contributed by atoms with Gasteiger partial charge in [-0.2, -0.15) is 0 Å². The number of morpholine rings is 1. The van der Waals surface area contributed by atoms with Gasteiger partial charge in [-0.25, -0.2) is 4.39 Å². The zero-order valence-electron chi connectivity index (χ0n) is 21.9. The lowest BCUT2D eigenvalue weighted by Gasteiger charge is -2.62. The van der Waals surface area contributed by atoms with Crippen molar-refractivity contribution in [3.8, 4) is 0 Å². The number of fused-ring (bicyclic) bond motifs is 4. The average molecular weight is 503 g/mol. The number of nitrogens with zero attached hydrogens (tertiary/aromatic N) is 3. The Labute approximate surface area is 214 Å². The molecule has 9 atom stereocenters. The highest BCUT2D eigenvalue weighted by Crippen LogP contribution is 2.51. The molecule has 3 aliphatic carbocycles. The molecule has 6 aliphatic rings. The molecule has 3 aliphatic heterocycles. The maximum Gasteiger partial charge on any atom is 0.256 e. The van der Waals surface area contributed by atoms with Crippen LogP contribution in [0.2, 0.25) is 0 Å². The van der Waals surface area contributed by atoms with Gasteiger partial charge in [0.25, 0.3) is 5.91 Å². The molecule has 0 radical (unpaired) electrons. The van der Waals surface area contributed by atoms with Gasteiger partial charge in [-0.05, 0) is 77.5 Å². The predicted molar refractivity (Wildman–Crippen MR) is 135 cm³/mol. The van der Waals surface area contributed by atoms with Crippen LogP contribution >= 0.6 is 0 Å². The van der Waals surface area contributed by atoms with E-state index in [0.717, 1.165) is 26.1 Å². The maximum atomic E-state index is 15.6. The second-order valence-corrected chi connectivity index (χ2v) is 12.4. The SMILES string of the molecule is CN(C)C1C(F)CC2C(=O)C(C(=O)NCCN3CCCC3)=CN3C4C(CCC5CCCCC54)OC1C23. The summed E-state index contributed by atoms with van der Waals surface area (Å²) < 4.78 is 22.4. The highest BCUT2D eigenvalue weighted by molar-refractivity contribution is 6.20. The Kier molecular flexibility index (Phi) is 6.88. The molecule has 0 aromatic carbocycles. The molecule has 2 saturated heterocycles. The van der Waals surface area contributed by atoms with Crippen LogP contribution in [0.15, 0.2) is 11.8 Å². The van der Waals surface area contributed by atoms with Gasteiger partial charge in [0.05, 0.1) is 35.9 Å². The molecule has 1 amide bonds. The average Bonchev–Trinajstić information content (AvgIpc) is 3.38. The lowest BCUT2D eigenvalue weighted by Crippen LogP contribution is -2.74. The van der Waals surface area contributed by atoms with Gasteiger partial charge >= 0.3 is 0 Å². The number of amides is 1. The number of Topliss-reactive ketones (excluding diaryl/α,β-unsaturated/α-hetero) is 1.